The molecule has 1 fully saturated rings. The van der Waals surface area contributed by atoms with Gasteiger partial charge in [-0.2, -0.15) is 4.31 Å². The molecule has 1 aromatic carbocycles. The zero-order valence-corrected chi connectivity index (χ0v) is 12.0. The lowest BCUT2D eigenvalue weighted by Crippen LogP contribution is -2.52. The highest BCUT2D eigenvalue weighted by molar-refractivity contribution is 7.89. The van der Waals surface area contributed by atoms with Gasteiger partial charge in [-0.15, -0.1) is 0 Å². The van der Waals surface area contributed by atoms with E-state index in [1.54, 1.807) is 44.6 Å². The van der Waals surface area contributed by atoms with Crippen molar-refractivity contribution in [2.24, 2.45) is 0 Å². The van der Waals surface area contributed by atoms with Gasteiger partial charge in [-0.3, -0.25) is 0 Å². The summed E-state index contributed by atoms with van der Waals surface area (Å²) < 4.78 is 37.2. The number of benzene rings is 1. The third-order valence-corrected chi connectivity index (χ3v) is 5.37. The highest BCUT2D eigenvalue weighted by Crippen LogP contribution is 2.29. The van der Waals surface area contributed by atoms with Crippen molar-refractivity contribution in [3.05, 3.63) is 30.3 Å². The Bertz CT molecular complexity index is 511. The largest absolute Gasteiger partial charge is 0.352 e. The minimum absolute atomic E-state index is 0.219. The van der Waals surface area contributed by atoms with E-state index in [-0.39, 0.29) is 6.54 Å². The van der Waals surface area contributed by atoms with Gasteiger partial charge in [0.25, 0.3) is 0 Å². The van der Waals surface area contributed by atoms with Crippen LogP contribution in [0, 0.1) is 0 Å². The Morgan fingerprint density at radius 1 is 1.16 bits per heavy atom. The monoisotopic (exact) mass is 285 g/mol. The Morgan fingerprint density at radius 2 is 1.79 bits per heavy atom. The summed E-state index contributed by atoms with van der Waals surface area (Å²) >= 11 is 0. The summed E-state index contributed by atoms with van der Waals surface area (Å²) in [5.74, 6) is -0.833. The van der Waals surface area contributed by atoms with Crippen LogP contribution in [0.1, 0.15) is 12.8 Å². The van der Waals surface area contributed by atoms with Crippen LogP contribution in [0.2, 0.25) is 0 Å². The van der Waals surface area contributed by atoms with Gasteiger partial charge in [0, 0.05) is 27.2 Å². The SMILES string of the molecule is COC1(OC)CCCN(S(=O)(=O)c2ccccc2)C1. The summed E-state index contributed by atoms with van der Waals surface area (Å²) in [5.41, 5.74) is 0. The summed E-state index contributed by atoms with van der Waals surface area (Å²) in [7, 11) is -0.392. The number of ether oxygens (including phenoxy) is 2. The molecule has 19 heavy (non-hydrogen) atoms. The van der Waals surface area contributed by atoms with Gasteiger partial charge in [0.2, 0.25) is 10.0 Å². The van der Waals surface area contributed by atoms with Crippen LogP contribution in [0.25, 0.3) is 0 Å². The van der Waals surface area contributed by atoms with Crippen molar-refractivity contribution in [2.75, 3.05) is 27.3 Å². The molecule has 1 aliphatic rings. The van der Waals surface area contributed by atoms with E-state index in [4.69, 9.17) is 9.47 Å². The van der Waals surface area contributed by atoms with Crippen molar-refractivity contribution in [2.45, 2.75) is 23.5 Å². The molecule has 0 bridgehead atoms. The van der Waals surface area contributed by atoms with E-state index in [1.807, 2.05) is 0 Å². The molecule has 106 valence electrons. The lowest BCUT2D eigenvalue weighted by atomic mass is 10.1. The van der Waals surface area contributed by atoms with Crippen LogP contribution in [-0.4, -0.2) is 45.8 Å². The van der Waals surface area contributed by atoms with Gasteiger partial charge in [-0.05, 0) is 18.6 Å². The molecular formula is C13H19NO4S. The maximum Gasteiger partial charge on any atom is 0.243 e. The average Bonchev–Trinajstić information content (AvgIpc) is 2.48. The number of sulfonamides is 1. The summed E-state index contributed by atoms with van der Waals surface area (Å²) in [6.45, 7) is 0.711. The van der Waals surface area contributed by atoms with Gasteiger partial charge >= 0.3 is 0 Å². The van der Waals surface area contributed by atoms with Crippen molar-refractivity contribution < 1.29 is 17.9 Å². The van der Waals surface area contributed by atoms with E-state index in [1.165, 1.54) is 4.31 Å². The topological polar surface area (TPSA) is 55.8 Å². The third-order valence-electron chi connectivity index (χ3n) is 3.51. The predicted molar refractivity (Wildman–Crippen MR) is 71.2 cm³/mol. The van der Waals surface area contributed by atoms with Crippen molar-refractivity contribution in [1.29, 1.82) is 0 Å². The Labute approximate surface area is 114 Å². The predicted octanol–water partition coefficient (Wildman–Crippen LogP) is 1.46. The second kappa shape index (κ2) is 5.58. The maximum atomic E-state index is 12.5. The summed E-state index contributed by atoms with van der Waals surface area (Å²) in [6, 6.07) is 8.44. The lowest BCUT2D eigenvalue weighted by molar-refractivity contribution is -0.224. The van der Waals surface area contributed by atoms with Crippen molar-refractivity contribution in [3.8, 4) is 0 Å². The Morgan fingerprint density at radius 3 is 2.37 bits per heavy atom. The molecule has 1 aliphatic heterocycles. The quantitative estimate of drug-likeness (QED) is 0.786. The van der Waals surface area contributed by atoms with Crippen molar-refractivity contribution >= 4 is 10.0 Å². The molecule has 1 heterocycles. The molecule has 6 heteroatoms. The smallest absolute Gasteiger partial charge is 0.243 e. The first-order valence-corrected chi connectivity index (χ1v) is 7.64. The molecule has 5 nitrogen and oxygen atoms in total. The molecular weight excluding hydrogens is 266 g/mol. The van der Waals surface area contributed by atoms with E-state index in [2.05, 4.69) is 0 Å². The second-order valence-corrected chi connectivity index (χ2v) is 6.51. The molecule has 0 aromatic heterocycles. The summed E-state index contributed by atoms with van der Waals surface area (Å²) in [6.07, 6.45) is 1.41. The fraction of sp³-hybridized carbons (Fsp3) is 0.538. The zero-order chi connectivity index (χ0) is 13.9. The fourth-order valence-electron chi connectivity index (χ4n) is 2.31. The Hall–Kier alpha value is -0.950. The van der Waals surface area contributed by atoms with E-state index < -0.39 is 15.8 Å². The van der Waals surface area contributed by atoms with E-state index in [0.29, 0.717) is 24.3 Å². The van der Waals surface area contributed by atoms with Crippen molar-refractivity contribution in [1.82, 2.24) is 4.31 Å². The van der Waals surface area contributed by atoms with Crippen LogP contribution in [0.4, 0.5) is 0 Å². The first kappa shape index (κ1) is 14.5. The van der Waals surface area contributed by atoms with Gasteiger partial charge in [0.15, 0.2) is 5.79 Å². The zero-order valence-electron chi connectivity index (χ0n) is 11.2. The van der Waals surface area contributed by atoms with Crippen LogP contribution < -0.4 is 0 Å². The van der Waals surface area contributed by atoms with Crippen LogP contribution in [0.5, 0.6) is 0 Å². The number of rotatable bonds is 4. The highest BCUT2D eigenvalue weighted by atomic mass is 32.2. The standard InChI is InChI=1S/C13H19NO4S/c1-17-13(18-2)9-6-10-14(11-13)19(15,16)12-7-4-3-5-8-12/h3-5,7-8H,6,9-11H2,1-2H3. The molecule has 2 rings (SSSR count). The molecule has 0 spiro atoms. The van der Waals surface area contributed by atoms with Gasteiger partial charge in [-0.25, -0.2) is 8.42 Å². The van der Waals surface area contributed by atoms with Crippen LogP contribution in [0.15, 0.2) is 35.2 Å². The average molecular weight is 285 g/mol. The van der Waals surface area contributed by atoms with Crippen molar-refractivity contribution in [3.63, 3.8) is 0 Å². The molecule has 0 unspecified atom stereocenters. The molecule has 0 saturated carbocycles. The maximum absolute atomic E-state index is 12.5. The molecule has 1 aromatic rings. The molecule has 0 atom stereocenters. The Balaban J connectivity index is 2.27. The van der Waals surface area contributed by atoms with E-state index in [9.17, 15) is 8.42 Å². The van der Waals surface area contributed by atoms with Gasteiger partial charge in [0.1, 0.15) is 0 Å². The fourth-order valence-corrected chi connectivity index (χ4v) is 3.85. The molecule has 1 saturated heterocycles. The number of piperidine rings is 1. The van der Waals surface area contributed by atoms with Crippen LogP contribution in [-0.2, 0) is 19.5 Å². The molecule has 0 radical (unpaired) electrons. The number of nitrogens with zero attached hydrogens (tertiary/aromatic N) is 1. The highest BCUT2D eigenvalue weighted by Gasteiger charge is 2.40. The number of hydrogen-bond donors (Lipinski definition) is 0. The molecule has 0 aliphatic carbocycles. The van der Waals surface area contributed by atoms with Crippen LogP contribution in [0.3, 0.4) is 0 Å². The summed E-state index contributed by atoms with van der Waals surface area (Å²) in [5, 5.41) is 0. The van der Waals surface area contributed by atoms with Gasteiger partial charge in [0.05, 0.1) is 11.4 Å². The minimum atomic E-state index is -3.48. The first-order valence-electron chi connectivity index (χ1n) is 6.20. The molecule has 0 amide bonds. The van der Waals surface area contributed by atoms with Gasteiger partial charge < -0.3 is 9.47 Å². The van der Waals surface area contributed by atoms with Crippen LogP contribution >= 0.6 is 0 Å². The number of methoxy groups -OCH3 is 2. The number of hydrogen-bond acceptors (Lipinski definition) is 4. The molecule has 0 N–H and O–H groups in total. The lowest BCUT2D eigenvalue weighted by Gasteiger charge is -2.39. The third kappa shape index (κ3) is 2.81. The van der Waals surface area contributed by atoms with E-state index >= 15 is 0 Å². The summed E-state index contributed by atoms with van der Waals surface area (Å²) in [4.78, 5) is 0.304. The van der Waals surface area contributed by atoms with Gasteiger partial charge in [-0.1, -0.05) is 18.2 Å². The first-order chi connectivity index (χ1) is 9.04. The second-order valence-electron chi connectivity index (χ2n) is 4.57. The minimum Gasteiger partial charge on any atom is -0.352 e. The van der Waals surface area contributed by atoms with E-state index in [0.717, 1.165) is 0 Å². The Kier molecular flexibility index (Phi) is 4.25. The normalized spacial score (nSPS) is 20.3.